The van der Waals surface area contributed by atoms with Crippen LogP contribution in [-0.2, 0) is 11.2 Å². The van der Waals surface area contributed by atoms with Gasteiger partial charge in [-0.1, -0.05) is 66.7 Å². The van der Waals surface area contributed by atoms with Crippen molar-refractivity contribution in [2.45, 2.75) is 18.9 Å². The van der Waals surface area contributed by atoms with Crippen LogP contribution in [-0.4, -0.2) is 52.1 Å². The maximum atomic E-state index is 12.7. The SMILES string of the molecule is O=C(CCc1ccc(O)c(O)c1)N1CCN(C(c2ccccc2)c2ccccc2)CC1. The van der Waals surface area contributed by atoms with Crippen LogP contribution < -0.4 is 0 Å². The fourth-order valence-corrected chi connectivity index (χ4v) is 4.25. The van der Waals surface area contributed by atoms with Crippen LogP contribution in [0, 0.1) is 0 Å². The van der Waals surface area contributed by atoms with E-state index < -0.39 is 0 Å². The minimum Gasteiger partial charge on any atom is -0.504 e. The molecule has 1 fully saturated rings. The van der Waals surface area contributed by atoms with Crippen LogP contribution in [0.25, 0.3) is 0 Å². The number of benzene rings is 3. The van der Waals surface area contributed by atoms with Gasteiger partial charge in [-0.15, -0.1) is 0 Å². The zero-order chi connectivity index (χ0) is 21.6. The van der Waals surface area contributed by atoms with E-state index in [1.54, 1.807) is 6.07 Å². The van der Waals surface area contributed by atoms with Gasteiger partial charge in [-0.2, -0.15) is 0 Å². The van der Waals surface area contributed by atoms with E-state index in [1.165, 1.54) is 23.3 Å². The number of phenols is 2. The first-order chi connectivity index (χ1) is 15.1. The second-order valence-electron chi connectivity index (χ2n) is 7.96. The van der Waals surface area contributed by atoms with Crippen molar-refractivity contribution in [1.82, 2.24) is 9.80 Å². The topological polar surface area (TPSA) is 64.0 Å². The van der Waals surface area contributed by atoms with Gasteiger partial charge in [0, 0.05) is 32.6 Å². The number of rotatable bonds is 6. The van der Waals surface area contributed by atoms with Crippen LogP contribution in [0.5, 0.6) is 11.5 Å². The molecule has 0 unspecified atom stereocenters. The molecule has 3 aromatic rings. The molecule has 1 heterocycles. The molecule has 3 aromatic carbocycles. The monoisotopic (exact) mass is 416 g/mol. The highest BCUT2D eigenvalue weighted by molar-refractivity contribution is 5.76. The van der Waals surface area contributed by atoms with E-state index in [0.29, 0.717) is 25.9 Å². The van der Waals surface area contributed by atoms with Crippen molar-refractivity contribution in [1.29, 1.82) is 0 Å². The summed E-state index contributed by atoms with van der Waals surface area (Å²) in [6.45, 7) is 3.05. The lowest BCUT2D eigenvalue weighted by Gasteiger charge is -2.40. The molecule has 1 aliphatic rings. The molecule has 2 N–H and O–H groups in total. The molecule has 0 bridgehead atoms. The van der Waals surface area contributed by atoms with E-state index in [9.17, 15) is 15.0 Å². The van der Waals surface area contributed by atoms with Crippen molar-refractivity contribution in [3.63, 3.8) is 0 Å². The average Bonchev–Trinajstić information content (AvgIpc) is 2.82. The summed E-state index contributed by atoms with van der Waals surface area (Å²) >= 11 is 0. The molecule has 5 nitrogen and oxygen atoms in total. The van der Waals surface area contributed by atoms with Gasteiger partial charge in [0.2, 0.25) is 5.91 Å². The highest BCUT2D eigenvalue weighted by Crippen LogP contribution is 2.30. The smallest absolute Gasteiger partial charge is 0.222 e. The van der Waals surface area contributed by atoms with Crippen molar-refractivity contribution >= 4 is 5.91 Å². The molecule has 0 aromatic heterocycles. The van der Waals surface area contributed by atoms with E-state index in [-0.39, 0.29) is 23.4 Å². The summed E-state index contributed by atoms with van der Waals surface area (Å²) < 4.78 is 0. The van der Waals surface area contributed by atoms with Crippen LogP contribution in [0.3, 0.4) is 0 Å². The van der Waals surface area contributed by atoms with Crippen molar-refractivity contribution in [3.05, 3.63) is 95.6 Å². The van der Waals surface area contributed by atoms with E-state index in [0.717, 1.165) is 18.7 Å². The number of piperazine rings is 1. The Hall–Kier alpha value is -3.31. The number of amides is 1. The number of aromatic hydroxyl groups is 2. The molecule has 31 heavy (non-hydrogen) atoms. The number of nitrogens with zero attached hydrogens (tertiary/aromatic N) is 2. The number of hydrogen-bond acceptors (Lipinski definition) is 4. The standard InChI is InChI=1S/C26H28N2O3/c29-23-13-11-20(19-24(23)30)12-14-25(31)27-15-17-28(18-16-27)26(21-7-3-1-4-8-21)22-9-5-2-6-10-22/h1-11,13,19,26,29-30H,12,14-18H2. The summed E-state index contributed by atoms with van der Waals surface area (Å²) in [5, 5.41) is 19.1. The highest BCUT2D eigenvalue weighted by atomic mass is 16.3. The molecule has 0 atom stereocenters. The predicted molar refractivity (Wildman–Crippen MR) is 121 cm³/mol. The Morgan fingerprint density at radius 2 is 1.35 bits per heavy atom. The second-order valence-corrected chi connectivity index (χ2v) is 7.96. The molecular weight excluding hydrogens is 388 g/mol. The first-order valence-corrected chi connectivity index (χ1v) is 10.7. The summed E-state index contributed by atoms with van der Waals surface area (Å²) in [4.78, 5) is 17.1. The predicted octanol–water partition coefficient (Wildman–Crippen LogP) is 3.96. The van der Waals surface area contributed by atoms with Gasteiger partial charge in [0.25, 0.3) is 0 Å². The summed E-state index contributed by atoms with van der Waals surface area (Å²) in [6, 6.07) is 26.0. The van der Waals surface area contributed by atoms with Gasteiger partial charge in [0.1, 0.15) is 0 Å². The Labute approximate surface area is 183 Å². The second kappa shape index (κ2) is 9.67. The van der Waals surface area contributed by atoms with Gasteiger partial charge in [-0.3, -0.25) is 9.69 Å². The van der Waals surface area contributed by atoms with E-state index in [2.05, 4.69) is 53.4 Å². The van der Waals surface area contributed by atoms with Crippen LogP contribution >= 0.6 is 0 Å². The largest absolute Gasteiger partial charge is 0.504 e. The molecular formula is C26H28N2O3. The van der Waals surface area contributed by atoms with Crippen LogP contribution in [0.2, 0.25) is 0 Å². The molecule has 0 radical (unpaired) electrons. The Balaban J connectivity index is 1.38. The lowest BCUT2D eigenvalue weighted by molar-refractivity contribution is -0.133. The lowest BCUT2D eigenvalue weighted by atomic mass is 9.96. The van der Waals surface area contributed by atoms with Gasteiger partial charge in [-0.25, -0.2) is 0 Å². The molecule has 5 heteroatoms. The fraction of sp³-hybridized carbons (Fsp3) is 0.269. The molecule has 0 saturated carbocycles. The normalized spacial score (nSPS) is 14.7. The zero-order valence-electron chi connectivity index (χ0n) is 17.5. The molecule has 0 aliphatic carbocycles. The van der Waals surface area contributed by atoms with Crippen LogP contribution in [0.4, 0.5) is 0 Å². The number of hydrogen-bond donors (Lipinski definition) is 2. The quantitative estimate of drug-likeness (QED) is 0.597. The first kappa shape index (κ1) is 20.9. The summed E-state index contributed by atoms with van der Waals surface area (Å²) in [7, 11) is 0. The van der Waals surface area contributed by atoms with Gasteiger partial charge in [-0.05, 0) is 35.2 Å². The maximum Gasteiger partial charge on any atom is 0.222 e. The van der Waals surface area contributed by atoms with Crippen molar-refractivity contribution < 1.29 is 15.0 Å². The highest BCUT2D eigenvalue weighted by Gasteiger charge is 2.27. The van der Waals surface area contributed by atoms with Crippen LogP contribution in [0.15, 0.2) is 78.9 Å². The Morgan fingerprint density at radius 1 is 0.774 bits per heavy atom. The average molecular weight is 417 g/mol. The lowest BCUT2D eigenvalue weighted by Crippen LogP contribution is -2.49. The molecule has 4 rings (SSSR count). The van der Waals surface area contributed by atoms with E-state index in [4.69, 9.17) is 0 Å². The number of aryl methyl sites for hydroxylation is 1. The van der Waals surface area contributed by atoms with Crippen molar-refractivity contribution in [2.75, 3.05) is 26.2 Å². The van der Waals surface area contributed by atoms with Crippen molar-refractivity contribution in [2.24, 2.45) is 0 Å². The van der Waals surface area contributed by atoms with Gasteiger partial charge >= 0.3 is 0 Å². The summed E-state index contributed by atoms with van der Waals surface area (Å²) in [6.07, 6.45) is 0.939. The van der Waals surface area contributed by atoms with Crippen LogP contribution in [0.1, 0.15) is 29.2 Å². The summed E-state index contributed by atoms with van der Waals surface area (Å²) in [5.41, 5.74) is 3.37. The first-order valence-electron chi connectivity index (χ1n) is 10.7. The third-order valence-corrected chi connectivity index (χ3v) is 5.93. The summed E-state index contributed by atoms with van der Waals surface area (Å²) in [5.74, 6) is -0.160. The Morgan fingerprint density at radius 3 is 1.90 bits per heavy atom. The van der Waals surface area contributed by atoms with Gasteiger partial charge in [0.15, 0.2) is 11.5 Å². The molecule has 1 aliphatic heterocycles. The minimum atomic E-state index is -0.147. The third-order valence-electron chi connectivity index (χ3n) is 5.93. The number of carbonyl (C=O) groups excluding carboxylic acids is 1. The minimum absolute atomic E-state index is 0.128. The third kappa shape index (κ3) is 5.06. The maximum absolute atomic E-state index is 12.7. The number of phenolic OH excluding ortho intramolecular Hbond substituents is 2. The molecule has 0 spiro atoms. The van der Waals surface area contributed by atoms with E-state index >= 15 is 0 Å². The van der Waals surface area contributed by atoms with E-state index in [1.807, 2.05) is 17.0 Å². The van der Waals surface area contributed by atoms with Crippen molar-refractivity contribution in [3.8, 4) is 11.5 Å². The molecule has 1 amide bonds. The molecule has 160 valence electrons. The number of carbonyl (C=O) groups is 1. The molecule has 1 saturated heterocycles. The fourth-order valence-electron chi connectivity index (χ4n) is 4.25. The zero-order valence-corrected chi connectivity index (χ0v) is 17.5. The Bertz CT molecular complexity index is 960. The van der Waals surface area contributed by atoms with Gasteiger partial charge < -0.3 is 15.1 Å². The van der Waals surface area contributed by atoms with Gasteiger partial charge in [0.05, 0.1) is 6.04 Å². The Kier molecular flexibility index (Phi) is 6.53.